The molecule has 38 heavy (non-hydrogen) atoms. The Balaban J connectivity index is 1.57. The van der Waals surface area contributed by atoms with Gasteiger partial charge in [0.1, 0.15) is 16.9 Å². The van der Waals surface area contributed by atoms with E-state index in [0.29, 0.717) is 34.2 Å². The summed E-state index contributed by atoms with van der Waals surface area (Å²) in [4.78, 5) is 30.9. The number of amides is 1. The van der Waals surface area contributed by atoms with Gasteiger partial charge in [0, 0.05) is 27.3 Å². The van der Waals surface area contributed by atoms with Crippen LogP contribution in [-0.2, 0) is 4.79 Å². The van der Waals surface area contributed by atoms with Crippen LogP contribution in [0.25, 0.3) is 5.00 Å². The highest BCUT2D eigenvalue weighted by molar-refractivity contribution is 7.15. The van der Waals surface area contributed by atoms with Crippen LogP contribution in [0.15, 0.2) is 53.5 Å². The van der Waals surface area contributed by atoms with Crippen molar-refractivity contribution in [1.29, 1.82) is 5.26 Å². The van der Waals surface area contributed by atoms with Crippen LogP contribution in [0.1, 0.15) is 62.1 Å². The largest absolute Gasteiger partial charge is 0.481 e. The maximum absolute atomic E-state index is 12.7. The average molecular weight is 525 g/mol. The van der Waals surface area contributed by atoms with Crippen molar-refractivity contribution in [1.82, 2.24) is 14.8 Å². The number of hydrogen-bond donors (Lipinski definition) is 2. The quantitative estimate of drug-likeness (QED) is 0.378. The van der Waals surface area contributed by atoms with Gasteiger partial charge in [-0.25, -0.2) is 0 Å². The number of nitriles is 1. The zero-order valence-electron chi connectivity index (χ0n) is 21.2. The first-order valence-corrected chi connectivity index (χ1v) is 12.8. The summed E-state index contributed by atoms with van der Waals surface area (Å²) in [5, 5.41) is 31.3. The number of thiophene rings is 1. The molecule has 2 aromatic carbocycles. The van der Waals surface area contributed by atoms with Crippen molar-refractivity contribution in [2.45, 2.75) is 33.7 Å². The molecule has 3 heterocycles. The molecule has 2 N–H and O–H groups in total. The van der Waals surface area contributed by atoms with Gasteiger partial charge in [0.15, 0.2) is 5.82 Å². The van der Waals surface area contributed by atoms with E-state index in [9.17, 15) is 14.7 Å². The Bertz CT molecular complexity index is 1660. The highest BCUT2D eigenvalue weighted by atomic mass is 32.1. The van der Waals surface area contributed by atoms with Crippen molar-refractivity contribution in [2.75, 3.05) is 5.32 Å². The molecule has 0 saturated carbocycles. The van der Waals surface area contributed by atoms with Crippen LogP contribution in [0.4, 0.5) is 5.69 Å². The smallest absolute Gasteiger partial charge is 0.308 e. The predicted molar refractivity (Wildman–Crippen MR) is 144 cm³/mol. The van der Waals surface area contributed by atoms with Crippen molar-refractivity contribution in [3.63, 3.8) is 0 Å². The molecule has 0 radical (unpaired) electrons. The number of carbonyl (C=O) groups excluding carboxylic acids is 1. The summed E-state index contributed by atoms with van der Waals surface area (Å²) in [5.74, 6) is -0.956. The molecular weight excluding hydrogens is 500 g/mol. The molecule has 190 valence electrons. The molecule has 1 aliphatic rings. The fourth-order valence-electron chi connectivity index (χ4n) is 4.46. The number of aliphatic carboxylic acids is 1. The molecule has 1 amide bonds. The van der Waals surface area contributed by atoms with Crippen LogP contribution >= 0.6 is 11.3 Å². The molecule has 1 unspecified atom stereocenters. The Morgan fingerprint density at radius 1 is 1.13 bits per heavy atom. The van der Waals surface area contributed by atoms with Crippen molar-refractivity contribution in [2.24, 2.45) is 10.9 Å². The Morgan fingerprint density at radius 3 is 2.55 bits per heavy atom. The van der Waals surface area contributed by atoms with Gasteiger partial charge < -0.3 is 10.4 Å². The standard InChI is InChI=1S/C28H24N6O3S/c1-14-16(3)38-27-22(14)24(31-23(15(2)28(36)37)25-33-32-17(4)34(25)27)19-8-10-21(11-9-19)30-26(35)20-7-5-6-18(12-20)13-29/h5-12,15,23H,1-4H3,(H,30,35)(H,36,37)/t15?,23-/m0/s1. The first kappa shape index (κ1) is 25.0. The van der Waals surface area contributed by atoms with Crippen molar-refractivity contribution >= 4 is 34.6 Å². The highest BCUT2D eigenvalue weighted by Crippen LogP contribution is 2.40. The topological polar surface area (TPSA) is 133 Å². The second-order valence-corrected chi connectivity index (χ2v) is 10.4. The Morgan fingerprint density at radius 2 is 1.87 bits per heavy atom. The first-order valence-electron chi connectivity index (χ1n) is 11.9. The number of hydrogen-bond acceptors (Lipinski definition) is 7. The lowest BCUT2D eigenvalue weighted by Gasteiger charge is -2.16. The first-order chi connectivity index (χ1) is 18.2. The molecule has 9 nitrogen and oxygen atoms in total. The van der Waals surface area contributed by atoms with Crippen LogP contribution < -0.4 is 5.32 Å². The van der Waals surface area contributed by atoms with Crippen LogP contribution in [0.3, 0.4) is 0 Å². The van der Waals surface area contributed by atoms with E-state index >= 15 is 0 Å². The van der Waals surface area contributed by atoms with E-state index in [1.807, 2.05) is 43.5 Å². The SMILES string of the molecule is Cc1sc2c(c1C)C(c1ccc(NC(=O)c3cccc(C#N)c3)cc1)=N[C@@H](C(C)C(=O)O)c1nnc(C)n1-2. The van der Waals surface area contributed by atoms with Crippen LogP contribution in [0.2, 0.25) is 0 Å². The third-order valence-corrected chi connectivity index (χ3v) is 7.91. The number of nitrogens with zero attached hydrogens (tertiary/aromatic N) is 5. The van der Waals surface area contributed by atoms with Crippen molar-refractivity contribution in [3.8, 4) is 11.1 Å². The molecule has 2 atom stereocenters. The molecule has 1 aliphatic heterocycles. The summed E-state index contributed by atoms with van der Waals surface area (Å²) in [6.07, 6.45) is 0. The number of carboxylic acid groups (broad SMARTS) is 1. The fourth-order valence-corrected chi connectivity index (χ4v) is 5.68. The van der Waals surface area contributed by atoms with E-state index in [-0.39, 0.29) is 5.91 Å². The van der Waals surface area contributed by atoms with Crippen LogP contribution in [-0.4, -0.2) is 37.5 Å². The van der Waals surface area contributed by atoms with Crippen LogP contribution in [0, 0.1) is 38.0 Å². The number of anilines is 1. The molecule has 0 spiro atoms. The molecular formula is C28H24N6O3S. The third kappa shape index (κ3) is 4.27. The summed E-state index contributed by atoms with van der Waals surface area (Å²) in [5.41, 5.74) is 4.81. The normalized spacial score (nSPS) is 14.9. The van der Waals surface area contributed by atoms with E-state index in [2.05, 4.69) is 15.5 Å². The monoisotopic (exact) mass is 524 g/mol. The number of aromatic nitrogens is 3. The zero-order chi connectivity index (χ0) is 27.1. The fraction of sp³-hybridized carbons (Fsp3) is 0.214. The number of aliphatic imine (C=N–C) groups is 1. The minimum absolute atomic E-state index is 0.322. The minimum atomic E-state index is -0.970. The molecule has 10 heteroatoms. The number of carbonyl (C=O) groups is 2. The maximum atomic E-state index is 12.7. The maximum Gasteiger partial charge on any atom is 0.308 e. The van der Waals surface area contributed by atoms with E-state index < -0.39 is 17.9 Å². The summed E-state index contributed by atoms with van der Waals surface area (Å²) in [6.45, 7) is 7.55. The lowest BCUT2D eigenvalue weighted by atomic mass is 9.98. The van der Waals surface area contributed by atoms with Crippen molar-refractivity contribution < 1.29 is 14.7 Å². The number of benzene rings is 2. The van der Waals surface area contributed by atoms with Gasteiger partial charge in [0.25, 0.3) is 5.91 Å². The number of rotatable bonds is 5. The summed E-state index contributed by atoms with van der Waals surface area (Å²) >= 11 is 1.60. The predicted octanol–water partition coefficient (Wildman–Crippen LogP) is 4.99. The van der Waals surface area contributed by atoms with E-state index in [1.54, 1.807) is 48.6 Å². The summed E-state index contributed by atoms with van der Waals surface area (Å²) in [6, 6.07) is 15.1. The van der Waals surface area contributed by atoms with Gasteiger partial charge in [-0.2, -0.15) is 5.26 Å². The van der Waals surface area contributed by atoms with E-state index in [1.165, 1.54) is 6.07 Å². The van der Waals surface area contributed by atoms with Gasteiger partial charge in [-0.05, 0) is 63.6 Å². The molecule has 0 bridgehead atoms. The molecule has 4 aromatic rings. The van der Waals surface area contributed by atoms with E-state index in [4.69, 9.17) is 10.3 Å². The van der Waals surface area contributed by atoms with Gasteiger partial charge in [0.2, 0.25) is 0 Å². The van der Waals surface area contributed by atoms with Gasteiger partial charge in [-0.1, -0.05) is 18.2 Å². The zero-order valence-corrected chi connectivity index (χ0v) is 22.0. The lowest BCUT2D eigenvalue weighted by molar-refractivity contribution is -0.141. The molecule has 0 aliphatic carbocycles. The minimum Gasteiger partial charge on any atom is -0.481 e. The molecule has 5 rings (SSSR count). The number of nitrogens with one attached hydrogen (secondary N) is 1. The third-order valence-electron chi connectivity index (χ3n) is 6.72. The Labute approximate surface area is 223 Å². The molecule has 0 fully saturated rings. The second-order valence-electron chi connectivity index (χ2n) is 9.18. The molecule has 2 aromatic heterocycles. The lowest BCUT2D eigenvalue weighted by Crippen LogP contribution is -2.21. The number of carboxylic acids is 1. The molecule has 0 saturated heterocycles. The second kappa shape index (κ2) is 9.68. The average Bonchev–Trinajstić information content (AvgIpc) is 3.38. The van der Waals surface area contributed by atoms with Gasteiger partial charge in [-0.15, -0.1) is 21.5 Å². The van der Waals surface area contributed by atoms with Crippen LogP contribution in [0.5, 0.6) is 0 Å². The summed E-state index contributed by atoms with van der Waals surface area (Å²) < 4.78 is 1.92. The Kier molecular flexibility index (Phi) is 6.38. The number of fused-ring (bicyclic) bond motifs is 3. The van der Waals surface area contributed by atoms with Gasteiger partial charge in [0.05, 0.1) is 23.3 Å². The van der Waals surface area contributed by atoms with Gasteiger partial charge in [-0.3, -0.25) is 19.1 Å². The summed E-state index contributed by atoms with van der Waals surface area (Å²) in [7, 11) is 0. The van der Waals surface area contributed by atoms with Crippen molar-refractivity contribution in [3.05, 3.63) is 92.9 Å². The Hall–Kier alpha value is -4.62. The number of aryl methyl sites for hydroxylation is 2. The highest BCUT2D eigenvalue weighted by Gasteiger charge is 2.36. The van der Waals surface area contributed by atoms with Gasteiger partial charge >= 0.3 is 5.97 Å². The van der Waals surface area contributed by atoms with E-state index in [0.717, 1.165) is 26.6 Å².